The van der Waals surface area contributed by atoms with Gasteiger partial charge in [-0.1, -0.05) is 18.2 Å². The second-order valence-electron chi connectivity index (χ2n) is 6.44. The largest absolute Gasteiger partial charge is 0.497 e. The van der Waals surface area contributed by atoms with E-state index in [2.05, 4.69) is 55.6 Å². The molecule has 2 heterocycles. The van der Waals surface area contributed by atoms with Gasteiger partial charge in [-0.2, -0.15) is 0 Å². The second-order valence-corrected chi connectivity index (χ2v) is 6.44. The number of piperazine rings is 1. The van der Waals surface area contributed by atoms with Crippen molar-refractivity contribution in [2.45, 2.75) is 0 Å². The Labute approximate surface area is 159 Å². The molecule has 1 fully saturated rings. The second kappa shape index (κ2) is 7.95. The van der Waals surface area contributed by atoms with Crippen LogP contribution in [-0.2, 0) is 0 Å². The van der Waals surface area contributed by atoms with Gasteiger partial charge >= 0.3 is 0 Å². The standard InChI is InChI=1S/C21H23N5O/c1-27-19-9-7-17(8-10-19)22-20-11-12-21(24-23-20)26-15-13-25(14-16-26)18-5-3-2-4-6-18/h2-12H,13-16H2,1H3,(H,22,23). The molecule has 2 aromatic carbocycles. The lowest BCUT2D eigenvalue weighted by Gasteiger charge is -2.36. The summed E-state index contributed by atoms with van der Waals surface area (Å²) in [6, 6.07) is 22.3. The normalized spacial score (nSPS) is 14.1. The van der Waals surface area contributed by atoms with E-state index in [0.29, 0.717) is 0 Å². The number of nitrogens with zero attached hydrogens (tertiary/aromatic N) is 4. The SMILES string of the molecule is COc1ccc(Nc2ccc(N3CCN(c4ccccc4)CC3)nn2)cc1. The Hall–Kier alpha value is -3.28. The zero-order valence-corrected chi connectivity index (χ0v) is 15.4. The van der Waals surface area contributed by atoms with Crippen molar-refractivity contribution in [3.05, 3.63) is 66.7 Å². The highest BCUT2D eigenvalue weighted by Crippen LogP contribution is 2.21. The number of methoxy groups -OCH3 is 1. The van der Waals surface area contributed by atoms with Crippen LogP contribution in [0.3, 0.4) is 0 Å². The van der Waals surface area contributed by atoms with E-state index in [1.165, 1.54) is 5.69 Å². The molecule has 0 aliphatic carbocycles. The molecule has 1 aliphatic heterocycles. The summed E-state index contributed by atoms with van der Waals surface area (Å²) in [5, 5.41) is 12.0. The van der Waals surface area contributed by atoms with E-state index >= 15 is 0 Å². The first kappa shape index (κ1) is 17.1. The monoisotopic (exact) mass is 361 g/mol. The fourth-order valence-electron chi connectivity index (χ4n) is 3.22. The van der Waals surface area contributed by atoms with Gasteiger partial charge in [0.05, 0.1) is 7.11 Å². The summed E-state index contributed by atoms with van der Waals surface area (Å²) >= 11 is 0. The highest BCUT2D eigenvalue weighted by atomic mass is 16.5. The van der Waals surface area contributed by atoms with Gasteiger partial charge in [0.2, 0.25) is 0 Å². The number of aromatic nitrogens is 2. The van der Waals surface area contributed by atoms with Crippen molar-refractivity contribution in [1.82, 2.24) is 10.2 Å². The van der Waals surface area contributed by atoms with Crippen LogP contribution in [0, 0.1) is 0 Å². The topological polar surface area (TPSA) is 53.5 Å². The van der Waals surface area contributed by atoms with Gasteiger partial charge in [-0.3, -0.25) is 0 Å². The Morgan fingerprint density at radius 1 is 0.778 bits per heavy atom. The third-order valence-corrected chi connectivity index (χ3v) is 4.74. The first-order valence-corrected chi connectivity index (χ1v) is 9.11. The zero-order valence-electron chi connectivity index (χ0n) is 15.4. The number of ether oxygens (including phenoxy) is 1. The Kier molecular flexibility index (Phi) is 5.05. The van der Waals surface area contributed by atoms with E-state index in [9.17, 15) is 0 Å². The van der Waals surface area contributed by atoms with Crippen LogP contribution in [0.1, 0.15) is 0 Å². The molecular formula is C21H23N5O. The molecule has 0 bridgehead atoms. The third-order valence-electron chi connectivity index (χ3n) is 4.74. The van der Waals surface area contributed by atoms with Crippen LogP contribution in [0.25, 0.3) is 0 Å². The first-order chi connectivity index (χ1) is 13.3. The summed E-state index contributed by atoms with van der Waals surface area (Å²) in [6.07, 6.45) is 0. The molecule has 0 spiro atoms. The molecular weight excluding hydrogens is 338 g/mol. The van der Waals surface area contributed by atoms with Gasteiger partial charge in [0.1, 0.15) is 5.75 Å². The zero-order chi connectivity index (χ0) is 18.5. The van der Waals surface area contributed by atoms with Crippen molar-refractivity contribution in [3.8, 4) is 5.75 Å². The van der Waals surface area contributed by atoms with Crippen molar-refractivity contribution in [3.63, 3.8) is 0 Å². The van der Waals surface area contributed by atoms with Crippen molar-refractivity contribution < 1.29 is 4.74 Å². The smallest absolute Gasteiger partial charge is 0.153 e. The molecule has 1 N–H and O–H groups in total. The maximum absolute atomic E-state index is 5.17. The summed E-state index contributed by atoms with van der Waals surface area (Å²) in [4.78, 5) is 4.69. The predicted octanol–water partition coefficient (Wildman–Crippen LogP) is 3.56. The lowest BCUT2D eigenvalue weighted by atomic mass is 10.2. The van der Waals surface area contributed by atoms with Crippen LogP contribution in [0.4, 0.5) is 23.0 Å². The van der Waals surface area contributed by atoms with Gasteiger partial charge in [0.25, 0.3) is 0 Å². The first-order valence-electron chi connectivity index (χ1n) is 9.11. The summed E-state index contributed by atoms with van der Waals surface area (Å²) in [7, 11) is 1.66. The summed E-state index contributed by atoms with van der Waals surface area (Å²) in [5.74, 6) is 2.48. The van der Waals surface area contributed by atoms with Gasteiger partial charge < -0.3 is 19.9 Å². The number of benzene rings is 2. The van der Waals surface area contributed by atoms with Crippen LogP contribution in [0.15, 0.2) is 66.7 Å². The summed E-state index contributed by atoms with van der Waals surface area (Å²) in [5.41, 5.74) is 2.23. The van der Waals surface area contributed by atoms with Gasteiger partial charge in [-0.15, -0.1) is 10.2 Å². The van der Waals surface area contributed by atoms with Crippen LogP contribution in [0.5, 0.6) is 5.75 Å². The molecule has 0 radical (unpaired) electrons. The molecule has 0 amide bonds. The van der Waals surface area contributed by atoms with Crippen molar-refractivity contribution in [2.24, 2.45) is 0 Å². The number of hydrogen-bond donors (Lipinski definition) is 1. The quantitative estimate of drug-likeness (QED) is 0.750. The number of nitrogens with one attached hydrogen (secondary N) is 1. The molecule has 0 unspecified atom stereocenters. The summed E-state index contributed by atoms with van der Waals surface area (Å²) < 4.78 is 5.17. The molecule has 4 rings (SSSR count). The fourth-order valence-corrected chi connectivity index (χ4v) is 3.22. The van der Waals surface area contributed by atoms with Gasteiger partial charge in [0.15, 0.2) is 11.6 Å². The minimum atomic E-state index is 0.729. The van der Waals surface area contributed by atoms with E-state index in [1.807, 2.05) is 36.4 Å². The Morgan fingerprint density at radius 3 is 2.11 bits per heavy atom. The molecule has 0 atom stereocenters. The van der Waals surface area contributed by atoms with E-state index in [4.69, 9.17) is 4.74 Å². The van der Waals surface area contributed by atoms with Crippen LogP contribution < -0.4 is 19.9 Å². The maximum Gasteiger partial charge on any atom is 0.153 e. The van der Waals surface area contributed by atoms with Gasteiger partial charge in [-0.25, -0.2) is 0 Å². The number of rotatable bonds is 5. The molecule has 6 nitrogen and oxygen atoms in total. The van der Waals surface area contributed by atoms with Crippen LogP contribution >= 0.6 is 0 Å². The average molecular weight is 361 g/mol. The molecule has 27 heavy (non-hydrogen) atoms. The Bertz CT molecular complexity index is 844. The highest BCUT2D eigenvalue weighted by molar-refractivity contribution is 5.58. The van der Waals surface area contributed by atoms with E-state index in [1.54, 1.807) is 7.11 Å². The number of anilines is 4. The van der Waals surface area contributed by atoms with Crippen molar-refractivity contribution in [2.75, 3.05) is 48.4 Å². The highest BCUT2D eigenvalue weighted by Gasteiger charge is 2.18. The molecule has 138 valence electrons. The minimum Gasteiger partial charge on any atom is -0.497 e. The van der Waals surface area contributed by atoms with Crippen LogP contribution in [-0.4, -0.2) is 43.5 Å². The van der Waals surface area contributed by atoms with Crippen LogP contribution in [0.2, 0.25) is 0 Å². The van der Waals surface area contributed by atoms with E-state index in [0.717, 1.165) is 49.3 Å². The average Bonchev–Trinajstić information content (AvgIpc) is 2.76. The lowest BCUT2D eigenvalue weighted by Crippen LogP contribution is -2.46. The third kappa shape index (κ3) is 4.11. The fraction of sp³-hybridized carbons (Fsp3) is 0.238. The van der Waals surface area contributed by atoms with Gasteiger partial charge in [-0.05, 0) is 48.5 Å². The van der Waals surface area contributed by atoms with Gasteiger partial charge in [0, 0.05) is 37.6 Å². The number of hydrogen-bond acceptors (Lipinski definition) is 6. The molecule has 1 aromatic heterocycles. The van der Waals surface area contributed by atoms with E-state index < -0.39 is 0 Å². The molecule has 6 heteroatoms. The molecule has 1 aliphatic rings. The Balaban J connectivity index is 1.35. The molecule has 1 saturated heterocycles. The summed E-state index contributed by atoms with van der Waals surface area (Å²) in [6.45, 7) is 3.85. The van der Waals surface area contributed by atoms with Crippen molar-refractivity contribution in [1.29, 1.82) is 0 Å². The Morgan fingerprint density at radius 2 is 1.48 bits per heavy atom. The maximum atomic E-state index is 5.17. The molecule has 0 saturated carbocycles. The lowest BCUT2D eigenvalue weighted by molar-refractivity contribution is 0.415. The predicted molar refractivity (Wildman–Crippen MR) is 109 cm³/mol. The molecule has 3 aromatic rings. The van der Waals surface area contributed by atoms with E-state index in [-0.39, 0.29) is 0 Å². The van der Waals surface area contributed by atoms with Crippen molar-refractivity contribution >= 4 is 23.0 Å². The minimum absolute atomic E-state index is 0.729. The number of para-hydroxylation sites is 1.